The van der Waals surface area contributed by atoms with Crippen molar-refractivity contribution in [1.29, 1.82) is 0 Å². The van der Waals surface area contributed by atoms with Gasteiger partial charge in [-0.25, -0.2) is 4.98 Å². The molecule has 4 N–H and O–H groups in total. The third kappa shape index (κ3) is 4.61. The summed E-state index contributed by atoms with van der Waals surface area (Å²) in [5.74, 6) is -0.0864. The van der Waals surface area contributed by atoms with Crippen LogP contribution in [0.15, 0.2) is 42.5 Å². The van der Waals surface area contributed by atoms with E-state index in [2.05, 4.69) is 34.7 Å². The van der Waals surface area contributed by atoms with Gasteiger partial charge in [0.25, 0.3) is 5.91 Å². The molecule has 1 unspecified atom stereocenters. The zero-order valence-corrected chi connectivity index (χ0v) is 20.9. The van der Waals surface area contributed by atoms with Crippen molar-refractivity contribution in [3.8, 4) is 22.3 Å². The number of nitrogens with zero attached hydrogens (tertiary/aromatic N) is 1. The standard InChI is InChI=1S/C29H33FN4O2/c1-3-26(32-2)25-15-19(4-6-21(25)17-9-12-36-13-10-17)23-16-24(28(31)34-27(23)30)18-5-7-22-20(14-18)8-11-33-29(22)35/h4-7,14-17,26,32H,3,8-13H2,1-2H3,(H2,31,34)(H,33,35). The molecule has 0 aliphatic carbocycles. The minimum Gasteiger partial charge on any atom is -0.383 e. The van der Waals surface area contributed by atoms with Gasteiger partial charge in [-0.1, -0.05) is 31.2 Å². The second kappa shape index (κ2) is 10.4. The van der Waals surface area contributed by atoms with Gasteiger partial charge >= 0.3 is 0 Å². The molecule has 6 nitrogen and oxygen atoms in total. The lowest BCUT2D eigenvalue weighted by Crippen LogP contribution is -2.31. The molecule has 0 bridgehead atoms. The normalized spacial score (nSPS) is 16.9. The van der Waals surface area contributed by atoms with E-state index < -0.39 is 5.95 Å². The third-order valence-electron chi connectivity index (χ3n) is 7.54. The number of aromatic nitrogens is 1. The first-order valence-corrected chi connectivity index (χ1v) is 12.8. The number of amides is 1. The van der Waals surface area contributed by atoms with E-state index >= 15 is 4.39 Å². The Morgan fingerprint density at radius 2 is 1.86 bits per heavy atom. The minimum atomic E-state index is -0.587. The van der Waals surface area contributed by atoms with Crippen LogP contribution in [0.5, 0.6) is 0 Å². The molecule has 2 aromatic carbocycles. The first-order valence-electron chi connectivity index (χ1n) is 12.8. The van der Waals surface area contributed by atoms with E-state index in [0.717, 1.165) is 55.6 Å². The van der Waals surface area contributed by atoms with Crippen LogP contribution >= 0.6 is 0 Å². The zero-order chi connectivity index (χ0) is 25.2. The van der Waals surface area contributed by atoms with Gasteiger partial charge in [0.1, 0.15) is 5.82 Å². The number of ether oxygens (including phenoxy) is 1. The lowest BCUT2D eigenvalue weighted by Gasteiger charge is -2.28. The van der Waals surface area contributed by atoms with Crippen molar-refractivity contribution < 1.29 is 13.9 Å². The van der Waals surface area contributed by atoms with Crippen LogP contribution < -0.4 is 16.4 Å². The molecule has 3 heterocycles. The van der Waals surface area contributed by atoms with Crippen LogP contribution in [0.1, 0.15) is 65.2 Å². The topological polar surface area (TPSA) is 89.3 Å². The fourth-order valence-corrected chi connectivity index (χ4v) is 5.54. The zero-order valence-electron chi connectivity index (χ0n) is 20.9. The SMILES string of the molecule is CCC(NC)c1cc(-c2cc(-c3ccc4c(c3)CCNC4=O)c(N)nc2F)ccc1C1CCOCC1. The molecular formula is C29H33FN4O2. The van der Waals surface area contributed by atoms with Crippen LogP contribution in [0.25, 0.3) is 22.3 Å². The van der Waals surface area contributed by atoms with Gasteiger partial charge in [0.15, 0.2) is 0 Å². The largest absolute Gasteiger partial charge is 0.383 e. The van der Waals surface area contributed by atoms with Crippen LogP contribution in [0, 0.1) is 5.95 Å². The summed E-state index contributed by atoms with van der Waals surface area (Å²) < 4.78 is 20.8. The van der Waals surface area contributed by atoms with Crippen LogP contribution in [0.4, 0.5) is 10.2 Å². The summed E-state index contributed by atoms with van der Waals surface area (Å²) >= 11 is 0. The van der Waals surface area contributed by atoms with E-state index in [4.69, 9.17) is 10.5 Å². The number of carbonyl (C=O) groups excluding carboxylic acids is 1. The number of hydrogen-bond donors (Lipinski definition) is 3. The van der Waals surface area contributed by atoms with Crippen molar-refractivity contribution in [3.05, 3.63) is 70.7 Å². The lowest BCUT2D eigenvalue weighted by atomic mass is 9.83. The first-order chi connectivity index (χ1) is 17.5. The smallest absolute Gasteiger partial charge is 0.251 e. The van der Waals surface area contributed by atoms with Crippen LogP contribution in [0.3, 0.4) is 0 Å². The Balaban J connectivity index is 1.59. The summed E-state index contributed by atoms with van der Waals surface area (Å²) in [6.07, 6.45) is 3.65. The van der Waals surface area contributed by atoms with E-state index in [1.165, 1.54) is 11.1 Å². The number of halogens is 1. The molecule has 1 atom stereocenters. The number of carbonyl (C=O) groups is 1. The molecule has 0 radical (unpaired) electrons. The molecule has 7 heteroatoms. The highest BCUT2D eigenvalue weighted by Crippen LogP contribution is 2.38. The van der Waals surface area contributed by atoms with Crippen LogP contribution in [-0.4, -0.2) is 37.7 Å². The number of nitrogens with one attached hydrogen (secondary N) is 2. The highest BCUT2D eigenvalue weighted by molar-refractivity contribution is 5.97. The van der Waals surface area contributed by atoms with Crippen molar-refractivity contribution in [2.24, 2.45) is 0 Å². The number of nitrogen functional groups attached to an aromatic ring is 1. The Morgan fingerprint density at radius 1 is 1.11 bits per heavy atom. The summed E-state index contributed by atoms with van der Waals surface area (Å²) in [5.41, 5.74) is 13.0. The Labute approximate surface area is 211 Å². The van der Waals surface area contributed by atoms with E-state index in [9.17, 15) is 4.79 Å². The van der Waals surface area contributed by atoms with Gasteiger partial charge in [-0.3, -0.25) is 4.79 Å². The summed E-state index contributed by atoms with van der Waals surface area (Å²) in [6, 6.07) is 13.8. The molecule has 2 aliphatic rings. The lowest BCUT2D eigenvalue weighted by molar-refractivity contribution is 0.0850. The Morgan fingerprint density at radius 3 is 2.61 bits per heavy atom. The molecule has 36 heavy (non-hydrogen) atoms. The van der Waals surface area contributed by atoms with E-state index in [1.807, 2.05) is 25.2 Å². The molecule has 0 spiro atoms. The molecule has 1 saturated heterocycles. The number of fused-ring (bicyclic) bond motifs is 1. The predicted molar refractivity (Wildman–Crippen MR) is 140 cm³/mol. The van der Waals surface area contributed by atoms with E-state index in [-0.39, 0.29) is 17.8 Å². The number of hydrogen-bond acceptors (Lipinski definition) is 5. The van der Waals surface area contributed by atoms with Gasteiger partial charge in [0.05, 0.1) is 0 Å². The summed E-state index contributed by atoms with van der Waals surface area (Å²) in [5, 5.41) is 6.29. The molecule has 188 valence electrons. The number of pyridine rings is 1. The summed E-state index contributed by atoms with van der Waals surface area (Å²) in [7, 11) is 1.97. The maximum Gasteiger partial charge on any atom is 0.251 e. The summed E-state index contributed by atoms with van der Waals surface area (Å²) in [6.45, 7) is 4.29. The van der Waals surface area contributed by atoms with Gasteiger partial charge in [0, 0.05) is 42.5 Å². The van der Waals surface area contributed by atoms with Gasteiger partial charge in [-0.05, 0) is 84.7 Å². The maximum absolute atomic E-state index is 15.2. The average Bonchev–Trinajstić information content (AvgIpc) is 2.90. The van der Waals surface area contributed by atoms with Gasteiger partial charge in [-0.15, -0.1) is 0 Å². The second-order valence-electron chi connectivity index (χ2n) is 9.62. The summed E-state index contributed by atoms with van der Waals surface area (Å²) in [4.78, 5) is 16.2. The first kappa shape index (κ1) is 24.4. The monoisotopic (exact) mass is 488 g/mol. The van der Waals surface area contributed by atoms with Crippen molar-refractivity contribution in [2.75, 3.05) is 32.5 Å². The Hall–Kier alpha value is -3.29. The van der Waals surface area contributed by atoms with Crippen molar-refractivity contribution in [2.45, 2.75) is 44.6 Å². The van der Waals surface area contributed by atoms with Crippen molar-refractivity contribution in [1.82, 2.24) is 15.6 Å². The highest BCUT2D eigenvalue weighted by atomic mass is 19.1. The second-order valence-corrected chi connectivity index (χ2v) is 9.62. The Bertz CT molecular complexity index is 1280. The van der Waals surface area contributed by atoms with Crippen molar-refractivity contribution >= 4 is 11.7 Å². The third-order valence-corrected chi connectivity index (χ3v) is 7.54. The quantitative estimate of drug-likeness (QED) is 0.426. The Kier molecular flexibility index (Phi) is 7.03. The molecule has 1 aromatic heterocycles. The molecule has 3 aromatic rings. The minimum absolute atomic E-state index is 0.0687. The van der Waals surface area contributed by atoms with E-state index in [0.29, 0.717) is 29.2 Å². The molecule has 1 amide bonds. The maximum atomic E-state index is 15.2. The molecule has 2 aliphatic heterocycles. The van der Waals surface area contributed by atoms with Gasteiger partial charge in [-0.2, -0.15) is 4.39 Å². The highest BCUT2D eigenvalue weighted by Gasteiger charge is 2.24. The van der Waals surface area contributed by atoms with Crippen LogP contribution in [0.2, 0.25) is 0 Å². The molecule has 0 saturated carbocycles. The number of anilines is 1. The van der Waals surface area contributed by atoms with Crippen molar-refractivity contribution in [3.63, 3.8) is 0 Å². The van der Waals surface area contributed by atoms with E-state index in [1.54, 1.807) is 12.1 Å². The predicted octanol–water partition coefficient (Wildman–Crippen LogP) is 4.99. The molecular weight excluding hydrogens is 455 g/mol. The number of nitrogens with two attached hydrogens (primary N) is 1. The molecule has 5 rings (SSSR count). The van der Waals surface area contributed by atoms with Gasteiger partial charge < -0.3 is 21.1 Å². The fraction of sp³-hybridized carbons (Fsp3) is 0.379. The van der Waals surface area contributed by atoms with Crippen LogP contribution in [-0.2, 0) is 11.2 Å². The van der Waals surface area contributed by atoms with Gasteiger partial charge in [0.2, 0.25) is 5.95 Å². The number of rotatable bonds is 6. The molecule has 1 fully saturated rings. The average molecular weight is 489 g/mol. The number of benzene rings is 2. The fourth-order valence-electron chi connectivity index (χ4n) is 5.54.